The molecule has 0 aliphatic carbocycles. The van der Waals surface area contributed by atoms with Gasteiger partial charge in [-0.15, -0.1) is 5.06 Å². The second-order valence-corrected chi connectivity index (χ2v) is 10.1. The lowest BCUT2D eigenvalue weighted by Crippen LogP contribution is -2.32. The zero-order valence-corrected chi connectivity index (χ0v) is 22.5. The van der Waals surface area contributed by atoms with Gasteiger partial charge in [-0.25, -0.2) is 9.79 Å². The second-order valence-electron chi connectivity index (χ2n) is 8.71. The molecule has 40 heavy (non-hydrogen) atoms. The number of H-pyrrole nitrogens is 1. The Morgan fingerprint density at radius 3 is 2.27 bits per heavy atom. The zero-order valence-electron chi connectivity index (χ0n) is 21.0. The fourth-order valence-corrected chi connectivity index (χ4v) is 5.61. The van der Waals surface area contributed by atoms with Gasteiger partial charge in [-0.2, -0.15) is 4.98 Å². The van der Waals surface area contributed by atoms with E-state index in [0.717, 1.165) is 10.6 Å². The van der Waals surface area contributed by atoms with Crippen molar-refractivity contribution in [2.75, 3.05) is 13.7 Å². The third-order valence-electron chi connectivity index (χ3n) is 6.27. The lowest BCUT2D eigenvalue weighted by atomic mass is 10.1. The van der Waals surface area contributed by atoms with Gasteiger partial charge in [-0.3, -0.25) is 19.0 Å². The molecular formula is C28H20ClN5O5S. The number of carbonyl (C=O) groups is 2. The number of nitrogens with one attached hydrogen (secondary N) is 1. The summed E-state index contributed by atoms with van der Waals surface area (Å²) in [4.78, 5) is 56.1. The number of benzene rings is 3. The van der Waals surface area contributed by atoms with Gasteiger partial charge in [0, 0.05) is 5.02 Å². The maximum atomic E-state index is 12.7. The number of hydrogen-bond donors (Lipinski definition) is 1. The van der Waals surface area contributed by atoms with E-state index < -0.39 is 17.5 Å². The van der Waals surface area contributed by atoms with Gasteiger partial charge in [0.25, 0.3) is 11.8 Å². The highest BCUT2D eigenvalue weighted by Gasteiger charge is 2.36. The maximum absolute atomic E-state index is 12.7. The van der Waals surface area contributed by atoms with Crippen LogP contribution in [0.3, 0.4) is 0 Å². The van der Waals surface area contributed by atoms with Crippen LogP contribution < -0.4 is 15.2 Å². The summed E-state index contributed by atoms with van der Waals surface area (Å²) >= 11 is 7.38. The van der Waals surface area contributed by atoms with Crippen LogP contribution in [0.4, 0.5) is 5.69 Å². The highest BCUT2D eigenvalue weighted by Crippen LogP contribution is 2.29. The molecule has 3 heterocycles. The molecule has 6 rings (SSSR count). The lowest BCUT2D eigenvalue weighted by Gasteiger charge is -2.14. The number of halogens is 1. The SMILES string of the molecule is COc1ccc(-c2[nH]c(=O)nc3c2sc(=Nc2ccc(Cl)cc2)n3CCON2C(=O)c3ccccc3C2=O)cc1. The molecule has 2 aromatic heterocycles. The first kappa shape index (κ1) is 25.7. The number of imide groups is 1. The van der Waals surface area contributed by atoms with Gasteiger partial charge in [0.1, 0.15) is 5.75 Å². The van der Waals surface area contributed by atoms with Gasteiger partial charge in [0.15, 0.2) is 10.4 Å². The van der Waals surface area contributed by atoms with E-state index in [4.69, 9.17) is 26.2 Å². The summed E-state index contributed by atoms with van der Waals surface area (Å²) in [5.41, 5.74) is 2.41. The number of methoxy groups -OCH3 is 1. The Morgan fingerprint density at radius 1 is 0.950 bits per heavy atom. The molecule has 0 atom stereocenters. The number of amides is 2. The summed E-state index contributed by atoms with van der Waals surface area (Å²) in [6, 6.07) is 20.8. The molecule has 0 saturated heterocycles. The number of ether oxygens (including phenoxy) is 1. The fourth-order valence-electron chi connectivity index (χ4n) is 4.35. The van der Waals surface area contributed by atoms with Crippen LogP contribution in [-0.4, -0.2) is 45.1 Å². The summed E-state index contributed by atoms with van der Waals surface area (Å²) in [5, 5.41) is 1.34. The number of hydroxylamine groups is 2. The molecule has 0 radical (unpaired) electrons. The molecule has 200 valence electrons. The van der Waals surface area contributed by atoms with E-state index in [-0.39, 0.29) is 24.3 Å². The molecule has 0 fully saturated rings. The first-order chi connectivity index (χ1) is 19.4. The van der Waals surface area contributed by atoms with Crippen molar-refractivity contribution in [1.29, 1.82) is 0 Å². The smallest absolute Gasteiger partial charge is 0.347 e. The average Bonchev–Trinajstić information content (AvgIpc) is 3.43. The van der Waals surface area contributed by atoms with Gasteiger partial charge < -0.3 is 9.72 Å². The minimum atomic E-state index is -0.538. The van der Waals surface area contributed by atoms with Crippen LogP contribution >= 0.6 is 22.9 Å². The molecule has 12 heteroatoms. The number of aromatic amines is 1. The minimum absolute atomic E-state index is 0.0581. The van der Waals surface area contributed by atoms with Gasteiger partial charge in [0.05, 0.1) is 47.5 Å². The van der Waals surface area contributed by atoms with E-state index in [2.05, 4.69) is 9.97 Å². The molecule has 0 saturated carbocycles. The van der Waals surface area contributed by atoms with E-state index in [1.54, 1.807) is 72.3 Å². The fraction of sp³-hybridized carbons (Fsp3) is 0.107. The molecule has 2 amide bonds. The van der Waals surface area contributed by atoms with Gasteiger partial charge >= 0.3 is 5.69 Å². The standard InChI is InChI=1S/C28H20ClN5O5S/c1-38-19-12-6-16(7-13-19)22-23-24(32-27(37)31-22)33(28(40-23)30-18-10-8-17(29)9-11-18)14-15-39-34-25(35)20-4-2-3-5-21(20)26(34)36/h2-13H,14-15H2,1H3,(H,31,32,37). The van der Waals surface area contributed by atoms with Gasteiger partial charge in [-0.05, 0) is 66.2 Å². The summed E-state index contributed by atoms with van der Waals surface area (Å²) < 4.78 is 7.68. The van der Waals surface area contributed by atoms with Crippen molar-refractivity contribution in [2.24, 2.45) is 4.99 Å². The number of carbonyl (C=O) groups excluding carboxylic acids is 2. The third-order valence-corrected chi connectivity index (χ3v) is 7.61. The Balaban J connectivity index is 1.40. The van der Waals surface area contributed by atoms with Crippen molar-refractivity contribution in [3.05, 3.63) is 104 Å². The molecule has 1 aliphatic rings. The van der Waals surface area contributed by atoms with Gasteiger partial charge in [-0.1, -0.05) is 35.1 Å². The molecule has 0 bridgehead atoms. The van der Waals surface area contributed by atoms with Crippen molar-refractivity contribution < 1.29 is 19.2 Å². The monoisotopic (exact) mass is 573 g/mol. The maximum Gasteiger partial charge on any atom is 0.347 e. The van der Waals surface area contributed by atoms with E-state index in [1.165, 1.54) is 11.3 Å². The number of hydrogen-bond acceptors (Lipinski definition) is 8. The van der Waals surface area contributed by atoms with E-state index in [1.807, 2.05) is 12.1 Å². The molecule has 10 nitrogen and oxygen atoms in total. The number of fused-ring (bicyclic) bond motifs is 2. The molecular weight excluding hydrogens is 554 g/mol. The Hall–Kier alpha value is -4.58. The predicted molar refractivity (Wildman–Crippen MR) is 150 cm³/mol. The molecule has 0 unspecified atom stereocenters. The Kier molecular flexibility index (Phi) is 6.76. The highest BCUT2D eigenvalue weighted by atomic mass is 35.5. The van der Waals surface area contributed by atoms with Crippen LogP contribution in [-0.2, 0) is 11.4 Å². The van der Waals surface area contributed by atoms with E-state index in [9.17, 15) is 14.4 Å². The first-order valence-corrected chi connectivity index (χ1v) is 13.3. The zero-order chi connectivity index (χ0) is 27.8. The number of aromatic nitrogens is 3. The van der Waals surface area contributed by atoms with Crippen LogP contribution in [0.15, 0.2) is 82.6 Å². The number of rotatable bonds is 7. The third kappa shape index (κ3) is 4.70. The van der Waals surface area contributed by atoms with E-state index >= 15 is 0 Å². The summed E-state index contributed by atoms with van der Waals surface area (Å²) in [5.74, 6) is -0.368. The Bertz CT molecular complexity index is 1860. The van der Waals surface area contributed by atoms with Crippen molar-refractivity contribution in [3.8, 4) is 17.0 Å². The van der Waals surface area contributed by atoms with Crippen LogP contribution in [0.25, 0.3) is 21.6 Å². The van der Waals surface area contributed by atoms with Crippen molar-refractivity contribution in [1.82, 2.24) is 19.6 Å². The van der Waals surface area contributed by atoms with Crippen molar-refractivity contribution in [2.45, 2.75) is 6.54 Å². The van der Waals surface area contributed by atoms with Crippen molar-refractivity contribution >= 4 is 50.8 Å². The molecule has 3 aromatic carbocycles. The minimum Gasteiger partial charge on any atom is -0.497 e. The van der Waals surface area contributed by atoms with E-state index in [0.29, 0.717) is 37.3 Å². The summed E-state index contributed by atoms with van der Waals surface area (Å²) in [7, 11) is 1.58. The van der Waals surface area contributed by atoms with Crippen LogP contribution in [0.1, 0.15) is 20.7 Å². The average molecular weight is 574 g/mol. The molecule has 5 aromatic rings. The van der Waals surface area contributed by atoms with Crippen LogP contribution in [0.2, 0.25) is 5.02 Å². The molecule has 0 spiro atoms. The highest BCUT2D eigenvalue weighted by molar-refractivity contribution is 7.16. The van der Waals surface area contributed by atoms with Crippen molar-refractivity contribution in [3.63, 3.8) is 0 Å². The normalized spacial score (nSPS) is 13.3. The summed E-state index contributed by atoms with van der Waals surface area (Å²) in [6.07, 6.45) is 0. The lowest BCUT2D eigenvalue weighted by molar-refractivity contribution is -0.0934. The Labute approximate surface area is 235 Å². The number of nitrogens with zero attached hydrogens (tertiary/aromatic N) is 4. The molecule has 1 aliphatic heterocycles. The van der Waals surface area contributed by atoms with Gasteiger partial charge in [0.2, 0.25) is 0 Å². The quantitative estimate of drug-likeness (QED) is 0.285. The van der Waals surface area contributed by atoms with Crippen LogP contribution in [0.5, 0.6) is 5.75 Å². The first-order valence-electron chi connectivity index (χ1n) is 12.1. The largest absolute Gasteiger partial charge is 0.497 e. The van der Waals surface area contributed by atoms with Crippen LogP contribution in [0, 0.1) is 0 Å². The summed E-state index contributed by atoms with van der Waals surface area (Å²) in [6.45, 7) is 0.0930. The predicted octanol–water partition coefficient (Wildman–Crippen LogP) is 4.58. The number of thiazole rings is 1. The molecule has 1 N–H and O–H groups in total. The topological polar surface area (TPSA) is 119 Å². The second kappa shape index (κ2) is 10.5. The Morgan fingerprint density at radius 2 is 1.62 bits per heavy atom.